The molecular formula is C26H29F3N4O5S. The molecule has 0 saturated carbocycles. The van der Waals surface area contributed by atoms with Gasteiger partial charge in [0.05, 0.1) is 17.0 Å². The number of fused-ring (bicyclic) bond motifs is 1. The van der Waals surface area contributed by atoms with Crippen molar-refractivity contribution in [3.8, 4) is 0 Å². The van der Waals surface area contributed by atoms with Crippen LogP contribution in [0.2, 0.25) is 0 Å². The van der Waals surface area contributed by atoms with Gasteiger partial charge in [-0.25, -0.2) is 8.42 Å². The molecule has 1 saturated heterocycles. The fourth-order valence-corrected chi connectivity index (χ4v) is 5.42. The van der Waals surface area contributed by atoms with Gasteiger partial charge in [-0.3, -0.25) is 14.3 Å². The van der Waals surface area contributed by atoms with Gasteiger partial charge in [0.2, 0.25) is 0 Å². The Morgan fingerprint density at radius 1 is 1.10 bits per heavy atom. The maximum Gasteiger partial charge on any atom is 0.501 e. The number of methoxy groups -OCH3 is 1. The molecule has 1 aromatic heterocycles. The summed E-state index contributed by atoms with van der Waals surface area (Å²) in [7, 11) is -3.89. The molecule has 0 bridgehead atoms. The second-order valence-corrected chi connectivity index (χ2v) is 11.4. The predicted octanol–water partition coefficient (Wildman–Crippen LogP) is 3.57. The Balaban J connectivity index is 1.36. The van der Waals surface area contributed by atoms with Crippen LogP contribution in [0.5, 0.6) is 0 Å². The number of alkyl halides is 3. The number of carbonyl (C=O) groups excluding carboxylic acids is 2. The fourth-order valence-electron chi connectivity index (χ4n) is 4.66. The first-order valence-electron chi connectivity index (χ1n) is 12.4. The van der Waals surface area contributed by atoms with E-state index in [0.717, 1.165) is 40.7 Å². The first kappa shape index (κ1) is 28.6. The molecule has 0 unspecified atom stereocenters. The number of piperidine rings is 1. The summed E-state index contributed by atoms with van der Waals surface area (Å²) >= 11 is 0. The summed E-state index contributed by atoms with van der Waals surface area (Å²) in [5.74, 6) is -0.284. The van der Waals surface area contributed by atoms with Crippen molar-refractivity contribution in [2.45, 2.75) is 36.7 Å². The Morgan fingerprint density at radius 3 is 2.38 bits per heavy atom. The maximum absolute atomic E-state index is 12.8. The van der Waals surface area contributed by atoms with Gasteiger partial charge in [-0.15, -0.1) is 0 Å². The summed E-state index contributed by atoms with van der Waals surface area (Å²) in [5, 5.41) is 8.36. The zero-order valence-corrected chi connectivity index (χ0v) is 22.3. The van der Waals surface area contributed by atoms with Gasteiger partial charge in [0, 0.05) is 56.0 Å². The van der Waals surface area contributed by atoms with E-state index < -0.39 is 20.2 Å². The first-order chi connectivity index (χ1) is 18.4. The molecule has 210 valence electrons. The average molecular weight is 567 g/mol. The minimum Gasteiger partial charge on any atom is -0.383 e. The topological polar surface area (TPSA) is 111 Å². The highest BCUT2D eigenvalue weighted by Gasteiger charge is 2.46. The highest BCUT2D eigenvalue weighted by molar-refractivity contribution is 7.92. The van der Waals surface area contributed by atoms with E-state index in [1.54, 1.807) is 18.1 Å². The predicted molar refractivity (Wildman–Crippen MR) is 137 cm³/mol. The first-order valence-corrected chi connectivity index (χ1v) is 13.8. The van der Waals surface area contributed by atoms with Crippen molar-refractivity contribution in [2.24, 2.45) is 5.92 Å². The van der Waals surface area contributed by atoms with Crippen molar-refractivity contribution >= 4 is 32.6 Å². The van der Waals surface area contributed by atoms with Crippen LogP contribution in [-0.4, -0.2) is 73.8 Å². The van der Waals surface area contributed by atoms with Crippen LogP contribution in [0, 0.1) is 12.8 Å². The smallest absolute Gasteiger partial charge is 0.383 e. The van der Waals surface area contributed by atoms with Crippen LogP contribution in [-0.2, 0) is 21.1 Å². The number of likely N-dealkylation sites (tertiary alicyclic amines) is 1. The van der Waals surface area contributed by atoms with E-state index in [0.29, 0.717) is 51.2 Å². The van der Waals surface area contributed by atoms with Crippen LogP contribution in [0.1, 0.15) is 39.1 Å². The molecule has 2 amide bonds. The Kier molecular flexibility index (Phi) is 8.31. The van der Waals surface area contributed by atoms with Crippen LogP contribution in [0.3, 0.4) is 0 Å². The Bertz CT molecular complexity index is 1460. The molecule has 2 heterocycles. The van der Waals surface area contributed by atoms with Crippen molar-refractivity contribution in [1.82, 2.24) is 20.0 Å². The Morgan fingerprint density at radius 2 is 1.77 bits per heavy atom. The van der Waals surface area contributed by atoms with Gasteiger partial charge in [0.15, 0.2) is 0 Å². The molecule has 4 rings (SSSR count). The van der Waals surface area contributed by atoms with Gasteiger partial charge in [-0.1, -0.05) is 0 Å². The van der Waals surface area contributed by atoms with Gasteiger partial charge >= 0.3 is 5.51 Å². The third kappa shape index (κ3) is 6.09. The number of aryl methyl sites for hydroxylation is 1. The van der Waals surface area contributed by atoms with E-state index in [9.17, 15) is 31.2 Å². The van der Waals surface area contributed by atoms with E-state index in [1.165, 1.54) is 0 Å². The lowest BCUT2D eigenvalue weighted by Gasteiger charge is -2.32. The molecule has 0 aliphatic carbocycles. The number of aromatic nitrogens is 2. The van der Waals surface area contributed by atoms with Gasteiger partial charge in [0.25, 0.3) is 21.7 Å². The quantitative estimate of drug-likeness (QED) is 0.418. The van der Waals surface area contributed by atoms with Crippen molar-refractivity contribution in [2.75, 3.05) is 33.4 Å². The normalized spacial score (nSPS) is 15.1. The number of nitrogens with one attached hydrogen (secondary N) is 1. The van der Waals surface area contributed by atoms with E-state index >= 15 is 0 Å². The summed E-state index contributed by atoms with van der Waals surface area (Å²) < 4.78 is 68.2. The molecule has 0 spiro atoms. The average Bonchev–Trinajstić information content (AvgIpc) is 3.32. The molecule has 1 N–H and O–H groups in total. The lowest BCUT2D eigenvalue weighted by atomic mass is 9.96. The second kappa shape index (κ2) is 11.3. The number of rotatable bonds is 8. The molecule has 39 heavy (non-hydrogen) atoms. The van der Waals surface area contributed by atoms with Gasteiger partial charge in [-0.2, -0.15) is 18.3 Å². The number of halogens is 3. The number of benzene rings is 2. The standard InChI is InChI=1S/C26H29F3N4O5S/c1-17-21(24(34)30-11-14-38-2)7-8-23-22(17)16-33(31-23)15-18-9-12-32(13-10-18)25(35)19-3-5-20(6-4-19)39(36,37)26(27,28)29/h3-8,16,18H,9-15H2,1-2H3,(H,30,34). The largest absolute Gasteiger partial charge is 0.501 e. The van der Waals surface area contributed by atoms with Crippen molar-refractivity contribution < 1.29 is 35.9 Å². The molecule has 9 nitrogen and oxygen atoms in total. The molecular weight excluding hydrogens is 537 g/mol. The number of hydrogen-bond acceptors (Lipinski definition) is 6. The molecule has 1 aliphatic rings. The zero-order chi connectivity index (χ0) is 28.4. The third-order valence-electron chi connectivity index (χ3n) is 6.91. The van der Waals surface area contributed by atoms with E-state index in [2.05, 4.69) is 10.4 Å². The molecule has 3 aromatic rings. The van der Waals surface area contributed by atoms with E-state index in [-0.39, 0.29) is 23.3 Å². The second-order valence-electron chi connectivity index (χ2n) is 9.48. The SMILES string of the molecule is COCCNC(=O)c1ccc2nn(CC3CCN(C(=O)c4ccc(S(=O)(=O)C(F)(F)F)cc4)CC3)cc2c1C. The van der Waals surface area contributed by atoms with Crippen LogP contribution in [0.4, 0.5) is 13.2 Å². The van der Waals surface area contributed by atoms with Gasteiger partial charge in [0.1, 0.15) is 0 Å². The molecule has 1 aliphatic heterocycles. The molecule has 0 atom stereocenters. The molecule has 1 fully saturated rings. The number of ether oxygens (including phenoxy) is 1. The summed E-state index contributed by atoms with van der Waals surface area (Å²) in [6, 6.07) is 7.40. The number of hydrogen-bond donors (Lipinski definition) is 1. The van der Waals surface area contributed by atoms with E-state index in [1.807, 2.05) is 23.9 Å². The van der Waals surface area contributed by atoms with Gasteiger partial charge in [-0.05, 0) is 67.6 Å². The lowest BCUT2D eigenvalue weighted by Crippen LogP contribution is -2.39. The number of nitrogens with zero attached hydrogens (tertiary/aromatic N) is 3. The number of carbonyl (C=O) groups is 2. The maximum atomic E-state index is 12.8. The number of amides is 2. The van der Waals surface area contributed by atoms with Crippen LogP contribution >= 0.6 is 0 Å². The zero-order valence-electron chi connectivity index (χ0n) is 21.5. The van der Waals surface area contributed by atoms with Gasteiger partial charge < -0.3 is 15.0 Å². The third-order valence-corrected chi connectivity index (χ3v) is 8.41. The highest BCUT2D eigenvalue weighted by atomic mass is 32.2. The van der Waals surface area contributed by atoms with Crippen LogP contribution < -0.4 is 5.32 Å². The lowest BCUT2D eigenvalue weighted by molar-refractivity contribution is -0.0436. The molecule has 13 heteroatoms. The summed E-state index contributed by atoms with van der Waals surface area (Å²) in [6.45, 7) is 4.27. The van der Waals surface area contributed by atoms with Crippen molar-refractivity contribution in [1.29, 1.82) is 0 Å². The number of sulfone groups is 1. The fraction of sp³-hybridized carbons (Fsp3) is 0.423. The Labute approximate surface area is 223 Å². The summed E-state index contributed by atoms with van der Waals surface area (Å²) in [4.78, 5) is 26.1. The van der Waals surface area contributed by atoms with E-state index in [4.69, 9.17) is 4.74 Å². The molecule has 2 aromatic carbocycles. The van der Waals surface area contributed by atoms with Crippen molar-refractivity contribution in [3.05, 3.63) is 59.3 Å². The summed E-state index contributed by atoms with van der Waals surface area (Å²) in [5.41, 5.74) is -3.08. The minimum atomic E-state index is -5.46. The Hall–Kier alpha value is -3.45. The summed E-state index contributed by atoms with van der Waals surface area (Å²) in [6.07, 6.45) is 3.33. The van der Waals surface area contributed by atoms with Crippen LogP contribution in [0.15, 0.2) is 47.5 Å². The highest BCUT2D eigenvalue weighted by Crippen LogP contribution is 2.30. The monoisotopic (exact) mass is 566 g/mol. The van der Waals surface area contributed by atoms with Crippen LogP contribution in [0.25, 0.3) is 10.9 Å². The minimum absolute atomic E-state index is 0.130. The molecule has 0 radical (unpaired) electrons. The van der Waals surface area contributed by atoms with Crippen molar-refractivity contribution in [3.63, 3.8) is 0 Å².